The molecular formula is C61H52N2S. The van der Waals surface area contributed by atoms with Gasteiger partial charge in [-0.25, -0.2) is 0 Å². The van der Waals surface area contributed by atoms with Gasteiger partial charge in [-0.2, -0.15) is 0 Å². The predicted octanol–water partition coefficient (Wildman–Crippen LogP) is 17.7. The molecule has 2 nitrogen and oxygen atoms in total. The van der Waals surface area contributed by atoms with Crippen molar-refractivity contribution in [1.29, 1.82) is 0 Å². The molecule has 0 unspecified atom stereocenters. The van der Waals surface area contributed by atoms with Crippen LogP contribution in [-0.4, -0.2) is 5.75 Å². The van der Waals surface area contributed by atoms with Crippen LogP contribution in [0.5, 0.6) is 0 Å². The highest BCUT2D eigenvalue weighted by Gasteiger charge is 2.17. The van der Waals surface area contributed by atoms with E-state index in [-0.39, 0.29) is 0 Å². The summed E-state index contributed by atoms with van der Waals surface area (Å²) in [5, 5.41) is 0. The van der Waals surface area contributed by atoms with Crippen LogP contribution in [0.1, 0.15) is 30.0 Å². The minimum atomic E-state index is 1.02. The van der Waals surface area contributed by atoms with Crippen LogP contribution in [0, 0.1) is 6.92 Å². The van der Waals surface area contributed by atoms with E-state index in [1.165, 1.54) is 55.0 Å². The quantitative estimate of drug-likeness (QED) is 0.101. The van der Waals surface area contributed by atoms with Gasteiger partial charge in [0.25, 0.3) is 0 Å². The van der Waals surface area contributed by atoms with Crippen molar-refractivity contribution >= 4 is 50.8 Å². The molecule has 0 saturated carbocycles. The highest BCUT2D eigenvalue weighted by molar-refractivity contribution is 8.08. The number of para-hydroxylation sites is 1. The van der Waals surface area contributed by atoms with E-state index >= 15 is 0 Å². The van der Waals surface area contributed by atoms with Crippen LogP contribution in [0.4, 0.5) is 34.1 Å². The van der Waals surface area contributed by atoms with Gasteiger partial charge in [-0.15, -0.1) is 11.8 Å². The summed E-state index contributed by atoms with van der Waals surface area (Å²) in [5.41, 5.74) is 17.8. The number of rotatable bonds is 15. The van der Waals surface area contributed by atoms with Crippen molar-refractivity contribution in [1.82, 2.24) is 0 Å². The van der Waals surface area contributed by atoms with E-state index in [0.29, 0.717) is 0 Å². The second-order valence-corrected chi connectivity index (χ2v) is 17.3. The number of hydrogen-bond donors (Lipinski definition) is 0. The Balaban J connectivity index is 0.996. The lowest BCUT2D eigenvalue weighted by molar-refractivity contribution is 1.00. The van der Waals surface area contributed by atoms with Crippen molar-refractivity contribution in [3.05, 3.63) is 259 Å². The van der Waals surface area contributed by atoms with E-state index in [4.69, 9.17) is 0 Å². The Hall–Kier alpha value is -7.33. The van der Waals surface area contributed by atoms with Crippen molar-refractivity contribution in [3.8, 4) is 33.4 Å². The van der Waals surface area contributed by atoms with Crippen LogP contribution in [0.15, 0.2) is 243 Å². The second-order valence-electron chi connectivity index (χ2n) is 16.0. The van der Waals surface area contributed by atoms with Gasteiger partial charge in [0.2, 0.25) is 0 Å². The minimum absolute atomic E-state index is 1.02. The van der Waals surface area contributed by atoms with Gasteiger partial charge in [0.05, 0.1) is 0 Å². The summed E-state index contributed by atoms with van der Waals surface area (Å²) >= 11 is 1.92. The van der Waals surface area contributed by atoms with Crippen LogP contribution in [-0.2, 0) is 6.42 Å². The predicted molar refractivity (Wildman–Crippen MR) is 278 cm³/mol. The van der Waals surface area contributed by atoms with Crippen LogP contribution in [0.25, 0.3) is 38.3 Å². The lowest BCUT2D eigenvalue weighted by Crippen LogP contribution is -2.10. The molecule has 0 spiro atoms. The van der Waals surface area contributed by atoms with Gasteiger partial charge in [0.15, 0.2) is 0 Å². The van der Waals surface area contributed by atoms with E-state index in [0.717, 1.165) is 52.7 Å². The standard InChI is InChI=1S/C61H52N2S/c1-3-64-61(26-16-19-47-17-8-4-9-18-47)53-33-41-58(42-34-53)63(54-24-14-7-15-25-54)59-43-44-60(46(2)45-59)52-31-39-57(40-32-52)62(55-35-27-50(28-36-55)48-20-10-5-11-21-48)56-37-29-51(30-38-56)49-22-12-6-13-23-49/h4-15,17-18,20-45H,3,16,19H2,1-2H3/b61-26-. The number of thioether (sulfide) groups is 1. The van der Waals surface area contributed by atoms with E-state index in [1.54, 1.807) is 0 Å². The molecule has 0 amide bonds. The molecule has 64 heavy (non-hydrogen) atoms. The molecule has 9 rings (SSSR count). The number of aryl methyl sites for hydroxylation is 2. The molecule has 312 valence electrons. The summed E-state index contributed by atoms with van der Waals surface area (Å²) in [6.07, 6.45) is 4.47. The third-order valence-electron chi connectivity index (χ3n) is 11.7. The van der Waals surface area contributed by atoms with Gasteiger partial charge in [0.1, 0.15) is 0 Å². The molecular weight excluding hydrogens is 793 g/mol. The van der Waals surface area contributed by atoms with Crippen LogP contribution < -0.4 is 9.80 Å². The first kappa shape index (κ1) is 42.0. The third-order valence-corrected chi connectivity index (χ3v) is 12.7. The van der Waals surface area contributed by atoms with E-state index in [1.807, 2.05) is 11.8 Å². The largest absolute Gasteiger partial charge is 0.311 e. The van der Waals surface area contributed by atoms with Gasteiger partial charge < -0.3 is 9.80 Å². The zero-order valence-electron chi connectivity index (χ0n) is 36.5. The normalized spacial score (nSPS) is 11.3. The first-order valence-corrected chi connectivity index (χ1v) is 23.2. The zero-order chi connectivity index (χ0) is 43.5. The molecule has 9 aromatic carbocycles. The zero-order valence-corrected chi connectivity index (χ0v) is 37.3. The third kappa shape index (κ3) is 9.81. The minimum Gasteiger partial charge on any atom is -0.311 e. The number of benzene rings is 9. The molecule has 0 N–H and O–H groups in total. The summed E-state index contributed by atoms with van der Waals surface area (Å²) in [6, 6.07) is 85.3. The molecule has 0 aliphatic carbocycles. The molecule has 9 aromatic rings. The first-order valence-electron chi connectivity index (χ1n) is 22.3. The average Bonchev–Trinajstić information content (AvgIpc) is 3.36. The topological polar surface area (TPSA) is 6.48 Å². The Labute approximate surface area is 383 Å². The second kappa shape index (κ2) is 20.2. The van der Waals surface area contributed by atoms with Crippen LogP contribution >= 0.6 is 11.8 Å². The van der Waals surface area contributed by atoms with Gasteiger partial charge in [-0.05, 0) is 148 Å². The van der Waals surface area contributed by atoms with Gasteiger partial charge >= 0.3 is 0 Å². The summed E-state index contributed by atoms with van der Waals surface area (Å²) < 4.78 is 0. The Morgan fingerprint density at radius 1 is 0.406 bits per heavy atom. The molecule has 0 bridgehead atoms. The summed E-state index contributed by atoms with van der Waals surface area (Å²) in [5.74, 6) is 1.04. The number of allylic oxidation sites excluding steroid dienone is 1. The Morgan fingerprint density at radius 2 is 0.797 bits per heavy atom. The summed E-state index contributed by atoms with van der Waals surface area (Å²) in [6.45, 7) is 4.46. The highest BCUT2D eigenvalue weighted by Crippen LogP contribution is 2.41. The fourth-order valence-electron chi connectivity index (χ4n) is 8.44. The fourth-order valence-corrected chi connectivity index (χ4v) is 9.29. The van der Waals surface area contributed by atoms with Crippen molar-refractivity contribution < 1.29 is 0 Å². The van der Waals surface area contributed by atoms with Crippen molar-refractivity contribution in [2.24, 2.45) is 0 Å². The molecule has 0 aliphatic heterocycles. The maximum absolute atomic E-state index is 2.41. The monoisotopic (exact) mass is 844 g/mol. The molecule has 3 heteroatoms. The summed E-state index contributed by atoms with van der Waals surface area (Å²) in [7, 11) is 0. The Bertz CT molecular complexity index is 2810. The van der Waals surface area contributed by atoms with Gasteiger partial charge in [0, 0.05) is 39.0 Å². The number of hydrogen-bond acceptors (Lipinski definition) is 3. The van der Waals surface area contributed by atoms with E-state index < -0.39 is 0 Å². The number of anilines is 6. The van der Waals surface area contributed by atoms with Crippen LogP contribution in [0.2, 0.25) is 0 Å². The lowest BCUT2D eigenvalue weighted by Gasteiger charge is -2.27. The van der Waals surface area contributed by atoms with Gasteiger partial charge in [-0.3, -0.25) is 0 Å². The fraction of sp³-hybridized carbons (Fsp3) is 0.0820. The lowest BCUT2D eigenvalue weighted by atomic mass is 9.98. The highest BCUT2D eigenvalue weighted by atomic mass is 32.2. The van der Waals surface area contributed by atoms with Gasteiger partial charge in [-0.1, -0.05) is 177 Å². The smallest absolute Gasteiger partial charge is 0.0464 e. The molecule has 0 fully saturated rings. The maximum atomic E-state index is 2.41. The Morgan fingerprint density at radius 3 is 1.28 bits per heavy atom. The molecule has 0 radical (unpaired) electrons. The molecule has 0 aliphatic rings. The van der Waals surface area contributed by atoms with Crippen molar-refractivity contribution in [2.75, 3.05) is 15.6 Å². The van der Waals surface area contributed by atoms with Crippen LogP contribution in [0.3, 0.4) is 0 Å². The molecule has 0 heterocycles. The molecule has 0 aromatic heterocycles. The van der Waals surface area contributed by atoms with Crippen molar-refractivity contribution in [3.63, 3.8) is 0 Å². The maximum Gasteiger partial charge on any atom is 0.0464 e. The first-order chi connectivity index (χ1) is 31.6. The van der Waals surface area contributed by atoms with Crippen molar-refractivity contribution in [2.45, 2.75) is 26.7 Å². The average molecular weight is 845 g/mol. The summed E-state index contributed by atoms with van der Waals surface area (Å²) in [4.78, 5) is 6.04. The molecule has 0 atom stereocenters. The molecule has 0 saturated heterocycles. The van der Waals surface area contributed by atoms with E-state index in [9.17, 15) is 0 Å². The SMILES string of the molecule is CCS/C(=C\CCc1ccccc1)c1ccc(N(c2ccccc2)c2ccc(-c3ccc(N(c4ccc(-c5ccccc5)cc4)c4ccc(-c5ccccc5)cc4)cc3)c(C)c2)cc1. The Kier molecular flexibility index (Phi) is 13.3. The number of nitrogens with zero attached hydrogens (tertiary/aromatic N) is 2. The van der Waals surface area contributed by atoms with E-state index in [2.05, 4.69) is 266 Å².